The first-order chi connectivity index (χ1) is 10.6. The van der Waals surface area contributed by atoms with E-state index in [1.54, 1.807) is 0 Å². The number of hydrogen-bond donors (Lipinski definition) is 0. The van der Waals surface area contributed by atoms with Crippen molar-refractivity contribution >= 4 is 0 Å². The zero-order chi connectivity index (χ0) is 16.2. The topological polar surface area (TPSA) is 27.7 Å². The summed E-state index contributed by atoms with van der Waals surface area (Å²) in [5.74, 6) is 2.26. The average molecular weight is 315 g/mol. The highest BCUT2D eigenvalue weighted by Crippen LogP contribution is 2.35. The Hall–Kier alpha value is -0.120. The molecule has 0 radical (unpaired) electrons. The second kappa shape index (κ2) is 12.3. The molecule has 22 heavy (non-hydrogen) atoms. The maximum Gasteiger partial charge on any atom is 0.0704 e. The summed E-state index contributed by atoms with van der Waals surface area (Å²) in [5, 5.41) is 0. The van der Waals surface area contributed by atoms with Crippen molar-refractivity contribution in [3.8, 4) is 0 Å². The molecule has 0 bridgehead atoms. The van der Waals surface area contributed by atoms with Gasteiger partial charge in [-0.05, 0) is 49.9 Å². The van der Waals surface area contributed by atoms with E-state index in [-0.39, 0.29) is 0 Å². The molecule has 1 aliphatic carbocycles. The summed E-state index contributed by atoms with van der Waals surface area (Å²) in [6.07, 6.45) is 7.62. The number of unbranched alkanes of at least 4 members (excludes halogenated alkanes) is 1. The van der Waals surface area contributed by atoms with Crippen LogP contribution in [0.15, 0.2) is 0 Å². The highest BCUT2D eigenvalue weighted by atomic mass is 16.5. The molecule has 0 aromatic heterocycles. The lowest BCUT2D eigenvalue weighted by Gasteiger charge is -2.37. The lowest BCUT2D eigenvalue weighted by Crippen LogP contribution is -2.35. The van der Waals surface area contributed by atoms with E-state index in [9.17, 15) is 0 Å². The monoisotopic (exact) mass is 314 g/mol. The first-order valence-electron chi connectivity index (χ1n) is 9.42. The van der Waals surface area contributed by atoms with Crippen LogP contribution < -0.4 is 0 Å². The lowest BCUT2D eigenvalue weighted by molar-refractivity contribution is -0.0584. The average Bonchev–Trinajstić information content (AvgIpc) is 2.49. The van der Waals surface area contributed by atoms with Gasteiger partial charge in [0.15, 0.2) is 0 Å². The maximum atomic E-state index is 6.14. The van der Waals surface area contributed by atoms with Crippen LogP contribution in [0, 0.1) is 17.8 Å². The van der Waals surface area contributed by atoms with Crippen molar-refractivity contribution in [3.05, 3.63) is 0 Å². The highest BCUT2D eigenvalue weighted by molar-refractivity contribution is 4.81. The van der Waals surface area contributed by atoms with Crippen LogP contribution in [0.25, 0.3) is 0 Å². The van der Waals surface area contributed by atoms with Crippen molar-refractivity contribution in [1.82, 2.24) is 0 Å². The molecule has 1 saturated carbocycles. The molecule has 0 amide bonds. The smallest absolute Gasteiger partial charge is 0.0704 e. The molecule has 0 aliphatic heterocycles. The Kier molecular flexibility index (Phi) is 11.2. The summed E-state index contributed by atoms with van der Waals surface area (Å²) < 4.78 is 17.3. The zero-order valence-corrected chi connectivity index (χ0v) is 15.3. The van der Waals surface area contributed by atoms with Crippen LogP contribution >= 0.6 is 0 Å². The van der Waals surface area contributed by atoms with Crippen LogP contribution in [0.5, 0.6) is 0 Å². The molecule has 0 aromatic rings. The van der Waals surface area contributed by atoms with Crippen LogP contribution in [0.2, 0.25) is 0 Å². The van der Waals surface area contributed by atoms with Crippen LogP contribution in [0.1, 0.15) is 66.2 Å². The summed E-state index contributed by atoms with van der Waals surface area (Å²) >= 11 is 0. The second-order valence-electron chi connectivity index (χ2n) is 7.17. The van der Waals surface area contributed by atoms with Gasteiger partial charge in [0.05, 0.1) is 19.3 Å². The molecule has 1 rings (SSSR count). The predicted octanol–water partition coefficient (Wildman–Crippen LogP) is 4.69. The Balaban J connectivity index is 2.00. The van der Waals surface area contributed by atoms with Gasteiger partial charge >= 0.3 is 0 Å². The molecule has 0 spiro atoms. The van der Waals surface area contributed by atoms with Gasteiger partial charge in [0, 0.05) is 19.8 Å². The Bertz CT molecular complexity index is 255. The van der Waals surface area contributed by atoms with E-state index in [2.05, 4.69) is 27.7 Å². The van der Waals surface area contributed by atoms with E-state index in [0.29, 0.717) is 6.10 Å². The maximum absolute atomic E-state index is 6.14. The molecule has 0 N–H and O–H groups in total. The summed E-state index contributed by atoms with van der Waals surface area (Å²) in [4.78, 5) is 0. The SMILES string of the molecule is CCCOCCCCOCCOC1CC(C)CCC1C(C)C. The Morgan fingerprint density at radius 3 is 2.23 bits per heavy atom. The lowest BCUT2D eigenvalue weighted by atomic mass is 9.75. The van der Waals surface area contributed by atoms with E-state index < -0.39 is 0 Å². The molecule has 1 aliphatic rings. The second-order valence-corrected chi connectivity index (χ2v) is 7.17. The van der Waals surface area contributed by atoms with Gasteiger partial charge in [-0.25, -0.2) is 0 Å². The quantitative estimate of drug-likeness (QED) is 0.489. The fraction of sp³-hybridized carbons (Fsp3) is 1.00. The fourth-order valence-electron chi connectivity index (χ4n) is 3.32. The van der Waals surface area contributed by atoms with Crippen LogP contribution in [0.3, 0.4) is 0 Å². The first kappa shape index (κ1) is 19.9. The molecule has 3 heteroatoms. The van der Waals surface area contributed by atoms with Crippen LogP contribution in [-0.4, -0.2) is 39.1 Å². The third kappa shape index (κ3) is 8.50. The Morgan fingerprint density at radius 1 is 0.909 bits per heavy atom. The normalized spacial score (nSPS) is 25.8. The van der Waals surface area contributed by atoms with E-state index in [0.717, 1.165) is 70.1 Å². The summed E-state index contributed by atoms with van der Waals surface area (Å²) in [7, 11) is 0. The number of hydrogen-bond acceptors (Lipinski definition) is 3. The molecular weight excluding hydrogens is 276 g/mol. The van der Waals surface area contributed by atoms with Gasteiger partial charge in [0.2, 0.25) is 0 Å². The van der Waals surface area contributed by atoms with Crippen molar-refractivity contribution in [2.75, 3.05) is 33.0 Å². The highest BCUT2D eigenvalue weighted by Gasteiger charge is 2.31. The minimum Gasteiger partial charge on any atom is -0.381 e. The van der Waals surface area contributed by atoms with Crippen LogP contribution in [0.4, 0.5) is 0 Å². The molecule has 132 valence electrons. The third-order valence-electron chi connectivity index (χ3n) is 4.70. The molecular formula is C19H38O3. The largest absolute Gasteiger partial charge is 0.381 e. The number of rotatable bonds is 12. The van der Waals surface area contributed by atoms with Crippen molar-refractivity contribution in [3.63, 3.8) is 0 Å². The van der Waals surface area contributed by atoms with Crippen LogP contribution in [-0.2, 0) is 14.2 Å². The fourth-order valence-corrected chi connectivity index (χ4v) is 3.32. The van der Waals surface area contributed by atoms with Gasteiger partial charge in [-0.1, -0.05) is 34.1 Å². The van der Waals surface area contributed by atoms with Crippen molar-refractivity contribution in [2.45, 2.75) is 72.3 Å². The van der Waals surface area contributed by atoms with E-state index in [1.807, 2.05) is 0 Å². The minimum absolute atomic E-state index is 0.440. The van der Waals surface area contributed by atoms with Gasteiger partial charge in [-0.15, -0.1) is 0 Å². The van der Waals surface area contributed by atoms with Gasteiger partial charge in [0.25, 0.3) is 0 Å². The summed E-state index contributed by atoms with van der Waals surface area (Å²) in [6.45, 7) is 13.2. The van der Waals surface area contributed by atoms with E-state index >= 15 is 0 Å². The summed E-state index contributed by atoms with van der Waals surface area (Å²) in [6, 6.07) is 0. The Labute approximate surface area is 138 Å². The third-order valence-corrected chi connectivity index (χ3v) is 4.70. The molecule has 0 heterocycles. The summed E-state index contributed by atoms with van der Waals surface area (Å²) in [5.41, 5.74) is 0. The standard InChI is InChI=1S/C19H38O3/c1-5-10-20-11-6-7-12-21-13-14-22-19-15-17(4)8-9-18(19)16(2)3/h16-19H,5-15H2,1-4H3. The predicted molar refractivity (Wildman–Crippen MR) is 92.2 cm³/mol. The van der Waals surface area contributed by atoms with Gasteiger partial charge < -0.3 is 14.2 Å². The molecule has 0 saturated heterocycles. The first-order valence-corrected chi connectivity index (χ1v) is 9.42. The van der Waals surface area contributed by atoms with Gasteiger partial charge in [-0.2, -0.15) is 0 Å². The molecule has 3 nitrogen and oxygen atoms in total. The molecule has 3 atom stereocenters. The van der Waals surface area contributed by atoms with Crippen molar-refractivity contribution < 1.29 is 14.2 Å². The van der Waals surface area contributed by atoms with E-state index in [4.69, 9.17) is 14.2 Å². The van der Waals surface area contributed by atoms with E-state index in [1.165, 1.54) is 19.3 Å². The van der Waals surface area contributed by atoms with Crippen molar-refractivity contribution in [2.24, 2.45) is 17.8 Å². The number of ether oxygens (including phenoxy) is 3. The van der Waals surface area contributed by atoms with Crippen molar-refractivity contribution in [1.29, 1.82) is 0 Å². The van der Waals surface area contributed by atoms with Gasteiger partial charge in [-0.3, -0.25) is 0 Å². The minimum atomic E-state index is 0.440. The molecule has 0 aromatic carbocycles. The molecule has 1 fully saturated rings. The van der Waals surface area contributed by atoms with Gasteiger partial charge in [0.1, 0.15) is 0 Å². The zero-order valence-electron chi connectivity index (χ0n) is 15.3. The Morgan fingerprint density at radius 2 is 1.59 bits per heavy atom. The molecule has 3 unspecified atom stereocenters.